The maximum atomic E-state index is 13.0. The minimum absolute atomic E-state index is 0.0279. The summed E-state index contributed by atoms with van der Waals surface area (Å²) in [5, 5.41) is 2.89. The molecule has 1 N–H and O–H groups in total. The molecule has 158 valence electrons. The van der Waals surface area contributed by atoms with Gasteiger partial charge in [-0.15, -0.1) is 0 Å². The molecule has 6 heteroatoms. The summed E-state index contributed by atoms with van der Waals surface area (Å²) in [6, 6.07) is 19.9. The number of hydrogen-bond donors (Lipinski definition) is 1. The Balaban J connectivity index is 1.58. The summed E-state index contributed by atoms with van der Waals surface area (Å²) in [6.07, 6.45) is 1.66. The maximum Gasteiger partial charge on any atom is 0.258 e. The second-order valence-electron chi connectivity index (χ2n) is 7.29. The number of benzene rings is 3. The van der Waals surface area contributed by atoms with Crippen LogP contribution in [-0.4, -0.2) is 32.6 Å². The summed E-state index contributed by atoms with van der Waals surface area (Å²) in [4.78, 5) is 27.7. The predicted molar refractivity (Wildman–Crippen MR) is 120 cm³/mol. The fraction of sp³-hybridized carbons (Fsp3) is 0.200. The normalized spacial score (nSPS) is 12.6. The Hall–Kier alpha value is -3.80. The number of nitrogens with one attached hydrogen (secondary N) is 1. The van der Waals surface area contributed by atoms with Crippen molar-refractivity contribution in [3.05, 3.63) is 83.4 Å². The Bertz CT molecular complexity index is 1110. The molecule has 0 fully saturated rings. The molecule has 6 nitrogen and oxygen atoms in total. The van der Waals surface area contributed by atoms with E-state index in [0.29, 0.717) is 34.9 Å². The Kier molecular flexibility index (Phi) is 5.89. The zero-order valence-corrected chi connectivity index (χ0v) is 17.6. The number of carbonyl (C=O) groups is 2. The molecular weight excluding hydrogens is 392 g/mol. The molecule has 31 heavy (non-hydrogen) atoms. The van der Waals surface area contributed by atoms with Gasteiger partial charge in [-0.2, -0.15) is 0 Å². The Morgan fingerprint density at radius 3 is 2.45 bits per heavy atom. The fourth-order valence-electron chi connectivity index (χ4n) is 3.79. The van der Waals surface area contributed by atoms with Gasteiger partial charge in [-0.1, -0.05) is 18.2 Å². The van der Waals surface area contributed by atoms with Crippen LogP contribution in [0.4, 0.5) is 11.4 Å². The van der Waals surface area contributed by atoms with Crippen LogP contribution in [-0.2, 0) is 6.42 Å². The Labute approximate surface area is 181 Å². The van der Waals surface area contributed by atoms with E-state index in [-0.39, 0.29) is 11.8 Å². The highest BCUT2D eigenvalue weighted by molar-refractivity contribution is 6.08. The van der Waals surface area contributed by atoms with Gasteiger partial charge in [0, 0.05) is 29.4 Å². The summed E-state index contributed by atoms with van der Waals surface area (Å²) >= 11 is 0. The van der Waals surface area contributed by atoms with Crippen molar-refractivity contribution in [2.24, 2.45) is 0 Å². The number of carbonyl (C=O) groups excluding carboxylic acids is 2. The number of amides is 2. The second kappa shape index (κ2) is 8.92. The molecule has 0 unspecified atom stereocenters. The third-order valence-electron chi connectivity index (χ3n) is 5.38. The van der Waals surface area contributed by atoms with Crippen LogP contribution in [0.2, 0.25) is 0 Å². The van der Waals surface area contributed by atoms with E-state index in [1.807, 2.05) is 42.5 Å². The molecule has 0 saturated carbocycles. The summed E-state index contributed by atoms with van der Waals surface area (Å²) in [6.45, 7) is 0.660. The number of fused-ring (bicyclic) bond motifs is 1. The largest absolute Gasteiger partial charge is 0.497 e. The summed E-state index contributed by atoms with van der Waals surface area (Å²) < 4.78 is 10.6. The van der Waals surface area contributed by atoms with Gasteiger partial charge in [0.25, 0.3) is 11.8 Å². The van der Waals surface area contributed by atoms with E-state index in [2.05, 4.69) is 5.32 Å². The van der Waals surface area contributed by atoms with E-state index >= 15 is 0 Å². The lowest BCUT2D eigenvalue weighted by Crippen LogP contribution is -2.35. The lowest BCUT2D eigenvalue weighted by Gasteiger charge is -2.30. The molecule has 4 rings (SSSR count). The smallest absolute Gasteiger partial charge is 0.258 e. The van der Waals surface area contributed by atoms with Crippen LogP contribution in [0.1, 0.15) is 32.7 Å². The van der Waals surface area contributed by atoms with Gasteiger partial charge >= 0.3 is 0 Å². The molecule has 3 aromatic carbocycles. The van der Waals surface area contributed by atoms with Gasteiger partial charge in [0.15, 0.2) is 0 Å². The molecular formula is C25H24N2O4. The van der Waals surface area contributed by atoms with E-state index in [1.54, 1.807) is 43.4 Å². The average Bonchev–Trinajstić information content (AvgIpc) is 2.83. The quantitative estimate of drug-likeness (QED) is 0.663. The zero-order valence-electron chi connectivity index (χ0n) is 17.6. The summed E-state index contributed by atoms with van der Waals surface area (Å²) in [7, 11) is 3.12. The van der Waals surface area contributed by atoms with Gasteiger partial charge in [-0.25, -0.2) is 0 Å². The van der Waals surface area contributed by atoms with Crippen LogP contribution < -0.4 is 19.7 Å². The summed E-state index contributed by atoms with van der Waals surface area (Å²) in [5.74, 6) is 0.893. The highest BCUT2D eigenvalue weighted by Gasteiger charge is 2.24. The third-order valence-corrected chi connectivity index (χ3v) is 5.38. The molecule has 1 aliphatic rings. The summed E-state index contributed by atoms with van der Waals surface area (Å²) in [5.41, 5.74) is 3.56. The minimum Gasteiger partial charge on any atom is -0.497 e. The number of rotatable bonds is 5. The van der Waals surface area contributed by atoms with Gasteiger partial charge in [-0.05, 0) is 60.9 Å². The van der Waals surface area contributed by atoms with Crippen molar-refractivity contribution < 1.29 is 19.1 Å². The SMILES string of the molecule is COc1ccc(OC)c(NC(=O)c2ccc3c(c2)CCCN3C(=O)c2ccccc2)c1. The lowest BCUT2D eigenvalue weighted by atomic mass is 9.98. The molecule has 0 atom stereocenters. The van der Waals surface area contributed by atoms with E-state index in [0.717, 1.165) is 24.1 Å². The molecule has 0 saturated heterocycles. The standard InChI is InChI=1S/C25H24N2O4/c1-30-20-11-13-23(31-2)21(16-20)26-24(28)19-10-12-22-18(15-19)9-6-14-27(22)25(29)17-7-4-3-5-8-17/h3-5,7-8,10-13,15-16H,6,9,14H2,1-2H3,(H,26,28). The molecule has 1 heterocycles. The maximum absolute atomic E-state index is 13.0. The number of methoxy groups -OCH3 is 2. The van der Waals surface area contributed by atoms with Crippen molar-refractivity contribution in [3.8, 4) is 11.5 Å². The van der Waals surface area contributed by atoms with Crippen LogP contribution >= 0.6 is 0 Å². The van der Waals surface area contributed by atoms with Gasteiger partial charge in [0.05, 0.1) is 19.9 Å². The minimum atomic E-state index is -0.249. The molecule has 0 aromatic heterocycles. The fourth-order valence-corrected chi connectivity index (χ4v) is 3.79. The van der Waals surface area contributed by atoms with Gasteiger partial charge < -0.3 is 19.7 Å². The van der Waals surface area contributed by atoms with Crippen molar-refractivity contribution in [1.29, 1.82) is 0 Å². The van der Waals surface area contributed by atoms with E-state index < -0.39 is 0 Å². The number of ether oxygens (including phenoxy) is 2. The van der Waals surface area contributed by atoms with Crippen molar-refractivity contribution >= 4 is 23.2 Å². The highest BCUT2D eigenvalue weighted by atomic mass is 16.5. The number of hydrogen-bond acceptors (Lipinski definition) is 4. The highest BCUT2D eigenvalue weighted by Crippen LogP contribution is 2.32. The van der Waals surface area contributed by atoms with E-state index in [4.69, 9.17) is 9.47 Å². The Morgan fingerprint density at radius 1 is 0.903 bits per heavy atom. The second-order valence-corrected chi connectivity index (χ2v) is 7.29. The third kappa shape index (κ3) is 4.23. The average molecular weight is 416 g/mol. The number of nitrogens with zero attached hydrogens (tertiary/aromatic N) is 1. The van der Waals surface area contributed by atoms with Gasteiger partial charge in [0.2, 0.25) is 0 Å². The van der Waals surface area contributed by atoms with Crippen LogP contribution in [0.5, 0.6) is 11.5 Å². The molecule has 0 bridgehead atoms. The zero-order chi connectivity index (χ0) is 21.8. The topological polar surface area (TPSA) is 67.9 Å². The Morgan fingerprint density at radius 2 is 1.71 bits per heavy atom. The molecule has 2 amide bonds. The van der Waals surface area contributed by atoms with Gasteiger partial charge in [-0.3, -0.25) is 9.59 Å². The molecule has 0 aliphatic carbocycles. The van der Waals surface area contributed by atoms with Crippen molar-refractivity contribution in [2.45, 2.75) is 12.8 Å². The first-order valence-electron chi connectivity index (χ1n) is 10.1. The molecule has 0 spiro atoms. The van der Waals surface area contributed by atoms with Crippen molar-refractivity contribution in [1.82, 2.24) is 0 Å². The molecule has 3 aromatic rings. The first-order valence-corrected chi connectivity index (χ1v) is 10.1. The molecule has 1 aliphatic heterocycles. The first kappa shape index (κ1) is 20.5. The monoisotopic (exact) mass is 416 g/mol. The van der Waals surface area contributed by atoms with E-state index in [1.165, 1.54) is 0 Å². The van der Waals surface area contributed by atoms with Crippen molar-refractivity contribution in [2.75, 3.05) is 31.0 Å². The number of anilines is 2. The van der Waals surface area contributed by atoms with Crippen LogP contribution in [0.3, 0.4) is 0 Å². The predicted octanol–water partition coefficient (Wildman–Crippen LogP) is 4.55. The van der Waals surface area contributed by atoms with Crippen LogP contribution in [0, 0.1) is 0 Å². The van der Waals surface area contributed by atoms with Gasteiger partial charge in [0.1, 0.15) is 11.5 Å². The van der Waals surface area contributed by atoms with Crippen LogP contribution in [0.25, 0.3) is 0 Å². The lowest BCUT2D eigenvalue weighted by molar-refractivity contribution is 0.0984. The molecule has 0 radical (unpaired) electrons. The number of aryl methyl sites for hydroxylation is 1. The van der Waals surface area contributed by atoms with Crippen LogP contribution in [0.15, 0.2) is 66.7 Å². The first-order chi connectivity index (χ1) is 15.1. The van der Waals surface area contributed by atoms with E-state index in [9.17, 15) is 9.59 Å². The van der Waals surface area contributed by atoms with Crippen molar-refractivity contribution in [3.63, 3.8) is 0 Å².